The van der Waals surface area contributed by atoms with Crippen LogP contribution in [0.5, 0.6) is 0 Å². The Morgan fingerprint density at radius 2 is 1.74 bits per heavy atom. The second-order valence-electron chi connectivity index (χ2n) is 6.35. The lowest BCUT2D eigenvalue weighted by molar-refractivity contribution is -0.415. The third-order valence-electron chi connectivity index (χ3n) is 4.66. The average molecular weight is 366 g/mol. The summed E-state index contributed by atoms with van der Waals surface area (Å²) in [5, 5.41) is 3.17. The van der Waals surface area contributed by atoms with E-state index >= 15 is 0 Å². The number of halogens is 1. The molecule has 1 atom stereocenters. The molecule has 0 aromatic heterocycles. The van der Waals surface area contributed by atoms with E-state index in [9.17, 15) is 14.0 Å². The highest BCUT2D eigenvalue weighted by molar-refractivity contribution is 6.18. The number of benzene rings is 2. The number of carbonyl (C=O) groups is 2. The fourth-order valence-corrected chi connectivity index (χ4v) is 3.24. The van der Waals surface area contributed by atoms with Crippen molar-refractivity contribution < 1.29 is 23.3 Å². The number of carbonyl (C=O) groups excluding carboxylic acids is 2. The Morgan fingerprint density at radius 3 is 2.41 bits per heavy atom. The summed E-state index contributed by atoms with van der Waals surface area (Å²) in [4.78, 5) is 26.2. The highest BCUT2D eigenvalue weighted by Gasteiger charge is 2.53. The first-order valence-corrected chi connectivity index (χ1v) is 8.39. The van der Waals surface area contributed by atoms with Gasteiger partial charge in [0.05, 0.1) is 14.1 Å². The molecule has 0 radical (unpaired) electrons. The molecule has 2 aromatic rings. The Morgan fingerprint density at radius 1 is 1.07 bits per heavy atom. The van der Waals surface area contributed by atoms with Gasteiger partial charge in [0.15, 0.2) is 5.92 Å². The SMILES string of the molecule is CN1C(=O)C2C(c3ccc(F)cc3)=C(Nc3ccccc3)OC2=[N+](C)C1=O. The maximum atomic E-state index is 13.4. The summed E-state index contributed by atoms with van der Waals surface area (Å²) in [6.45, 7) is 0. The van der Waals surface area contributed by atoms with Gasteiger partial charge in [0.2, 0.25) is 5.88 Å². The standard InChI is InChI=1S/C20H17FN3O3/c1-23-18(25)16-15(12-8-10-13(21)11-9-12)17(22-14-6-4-3-5-7-14)27-19(16)24(2)20(23)26/h3-11,16,22H,1-2H3/q+1. The molecule has 0 spiro atoms. The Balaban J connectivity index is 1.87. The summed E-state index contributed by atoms with van der Waals surface area (Å²) in [7, 11) is 2.99. The van der Waals surface area contributed by atoms with Crippen LogP contribution in [-0.4, -0.2) is 41.4 Å². The third kappa shape index (κ3) is 2.77. The van der Waals surface area contributed by atoms with Crippen molar-refractivity contribution in [3.05, 3.63) is 71.9 Å². The van der Waals surface area contributed by atoms with Crippen LogP contribution >= 0.6 is 0 Å². The summed E-state index contributed by atoms with van der Waals surface area (Å²) in [6.07, 6.45) is 0. The van der Waals surface area contributed by atoms with Gasteiger partial charge in [0.25, 0.3) is 5.90 Å². The lowest BCUT2D eigenvalue weighted by atomic mass is 9.91. The van der Waals surface area contributed by atoms with E-state index in [1.165, 1.54) is 23.8 Å². The molecular weight excluding hydrogens is 349 g/mol. The summed E-state index contributed by atoms with van der Waals surface area (Å²) in [5.41, 5.74) is 1.96. The first-order chi connectivity index (χ1) is 13.0. The molecule has 0 fully saturated rings. The van der Waals surface area contributed by atoms with Gasteiger partial charge in [-0.25, -0.2) is 9.18 Å². The third-order valence-corrected chi connectivity index (χ3v) is 4.66. The van der Waals surface area contributed by atoms with Crippen molar-refractivity contribution in [2.24, 2.45) is 5.92 Å². The molecule has 2 aliphatic heterocycles. The molecule has 0 aliphatic carbocycles. The molecule has 7 heteroatoms. The van der Waals surface area contributed by atoms with Crippen molar-refractivity contribution in [2.45, 2.75) is 0 Å². The molecule has 6 nitrogen and oxygen atoms in total. The van der Waals surface area contributed by atoms with Crippen LogP contribution in [0, 0.1) is 11.7 Å². The Hall–Kier alpha value is -3.48. The van der Waals surface area contributed by atoms with E-state index in [0.717, 1.165) is 10.6 Å². The van der Waals surface area contributed by atoms with Gasteiger partial charge in [-0.3, -0.25) is 0 Å². The zero-order valence-corrected chi connectivity index (χ0v) is 14.8. The topological polar surface area (TPSA) is 61.7 Å². The van der Waals surface area contributed by atoms with E-state index < -0.39 is 17.9 Å². The molecule has 0 saturated carbocycles. The van der Waals surface area contributed by atoms with E-state index in [1.807, 2.05) is 30.3 Å². The van der Waals surface area contributed by atoms with Crippen molar-refractivity contribution in [1.29, 1.82) is 0 Å². The number of hydrogen-bond donors (Lipinski definition) is 1. The fourth-order valence-electron chi connectivity index (χ4n) is 3.24. The predicted octanol–water partition coefficient (Wildman–Crippen LogP) is 2.89. The van der Waals surface area contributed by atoms with Crippen molar-refractivity contribution in [3.63, 3.8) is 0 Å². The number of urea groups is 1. The van der Waals surface area contributed by atoms with Crippen LogP contribution in [-0.2, 0) is 9.53 Å². The molecule has 2 heterocycles. The largest absolute Gasteiger partial charge is 0.502 e. The number of ether oxygens (including phenoxy) is 1. The van der Waals surface area contributed by atoms with Crippen LogP contribution < -0.4 is 5.32 Å². The van der Waals surface area contributed by atoms with E-state index in [4.69, 9.17) is 4.74 Å². The van der Waals surface area contributed by atoms with Gasteiger partial charge in [-0.15, -0.1) is 0 Å². The van der Waals surface area contributed by atoms with E-state index in [1.54, 1.807) is 19.2 Å². The molecule has 0 saturated heterocycles. The van der Waals surface area contributed by atoms with Crippen LogP contribution in [0.1, 0.15) is 5.56 Å². The van der Waals surface area contributed by atoms with E-state index in [0.29, 0.717) is 17.0 Å². The molecule has 27 heavy (non-hydrogen) atoms. The van der Waals surface area contributed by atoms with Gasteiger partial charge in [-0.2, -0.15) is 14.3 Å². The number of nitrogens with zero attached hydrogens (tertiary/aromatic N) is 2. The van der Waals surface area contributed by atoms with Crippen LogP contribution in [0.2, 0.25) is 0 Å². The maximum Gasteiger partial charge on any atom is 0.502 e. The molecule has 2 aliphatic rings. The van der Waals surface area contributed by atoms with Gasteiger partial charge in [0, 0.05) is 11.3 Å². The minimum Gasteiger partial charge on any atom is -0.408 e. The normalized spacial score (nSPS) is 19.4. The van der Waals surface area contributed by atoms with Gasteiger partial charge in [0.1, 0.15) is 5.82 Å². The van der Waals surface area contributed by atoms with Gasteiger partial charge < -0.3 is 10.1 Å². The maximum absolute atomic E-state index is 13.4. The second kappa shape index (κ2) is 6.35. The summed E-state index contributed by atoms with van der Waals surface area (Å²) in [6, 6.07) is 14.7. The number of imide groups is 1. The number of anilines is 1. The van der Waals surface area contributed by atoms with E-state index in [-0.39, 0.29) is 11.7 Å². The van der Waals surface area contributed by atoms with Crippen molar-refractivity contribution >= 4 is 29.1 Å². The van der Waals surface area contributed by atoms with Gasteiger partial charge in [-0.05, 0) is 29.8 Å². The minimum absolute atomic E-state index is 0.237. The monoisotopic (exact) mass is 366 g/mol. The van der Waals surface area contributed by atoms with Crippen molar-refractivity contribution in [2.75, 3.05) is 19.4 Å². The number of amides is 3. The minimum atomic E-state index is -0.783. The summed E-state index contributed by atoms with van der Waals surface area (Å²) < 4.78 is 20.6. The molecular formula is C20H17FN3O3+. The quantitative estimate of drug-likeness (QED) is 0.849. The number of para-hydroxylation sites is 1. The first kappa shape index (κ1) is 17.0. The fraction of sp³-hybridized carbons (Fsp3) is 0.150. The molecule has 4 rings (SSSR count). The van der Waals surface area contributed by atoms with Crippen LogP contribution in [0.3, 0.4) is 0 Å². The summed E-state index contributed by atoms with van der Waals surface area (Å²) >= 11 is 0. The van der Waals surface area contributed by atoms with Crippen LogP contribution in [0.4, 0.5) is 14.9 Å². The number of nitrogens with one attached hydrogen (secondary N) is 1. The Labute approximate surface area is 155 Å². The zero-order chi connectivity index (χ0) is 19.1. The second-order valence-corrected chi connectivity index (χ2v) is 6.35. The molecule has 2 aromatic carbocycles. The lowest BCUT2D eigenvalue weighted by Gasteiger charge is -2.20. The van der Waals surface area contributed by atoms with Gasteiger partial charge in [-0.1, -0.05) is 30.3 Å². The molecule has 0 bridgehead atoms. The highest BCUT2D eigenvalue weighted by Crippen LogP contribution is 2.38. The Bertz CT molecular complexity index is 997. The molecule has 136 valence electrons. The number of rotatable bonds is 3. The number of fused-ring (bicyclic) bond motifs is 1. The first-order valence-electron chi connectivity index (χ1n) is 8.39. The smallest absolute Gasteiger partial charge is 0.408 e. The predicted molar refractivity (Wildman–Crippen MR) is 97.3 cm³/mol. The van der Waals surface area contributed by atoms with Crippen LogP contribution in [0.25, 0.3) is 5.57 Å². The van der Waals surface area contributed by atoms with Crippen LogP contribution in [0.15, 0.2) is 60.5 Å². The molecule has 1 unspecified atom stereocenters. The Kier molecular flexibility index (Phi) is 3.99. The van der Waals surface area contributed by atoms with Gasteiger partial charge >= 0.3 is 11.9 Å². The molecule has 3 amide bonds. The lowest BCUT2D eigenvalue weighted by Crippen LogP contribution is -2.51. The summed E-state index contributed by atoms with van der Waals surface area (Å²) in [5.74, 6) is -0.969. The molecule has 1 N–H and O–H groups in total. The highest BCUT2D eigenvalue weighted by atomic mass is 19.1. The number of hydrogen-bond acceptors (Lipinski definition) is 4. The zero-order valence-electron chi connectivity index (χ0n) is 14.8. The van der Waals surface area contributed by atoms with Crippen molar-refractivity contribution in [1.82, 2.24) is 4.90 Å². The van der Waals surface area contributed by atoms with Crippen molar-refractivity contribution in [3.8, 4) is 0 Å². The van der Waals surface area contributed by atoms with E-state index in [2.05, 4.69) is 5.32 Å². The average Bonchev–Trinajstić information content (AvgIpc) is 3.05.